The number of hydrogen-bond acceptors (Lipinski definition) is 2. The van der Waals surface area contributed by atoms with Crippen molar-refractivity contribution < 1.29 is 9.59 Å². The SMILES string of the molecule is Cc1ccc(C(C)C)cc1CC(=O)N1CCCN(C(=O)C2CCC2)CC1. The van der Waals surface area contributed by atoms with Gasteiger partial charge in [0.05, 0.1) is 6.42 Å². The first-order valence-corrected chi connectivity index (χ1v) is 10.1. The minimum Gasteiger partial charge on any atom is -0.341 e. The lowest BCUT2D eigenvalue weighted by Gasteiger charge is -2.31. The minimum absolute atomic E-state index is 0.187. The molecule has 0 N–H and O–H groups in total. The van der Waals surface area contributed by atoms with Crippen LogP contribution in [0.1, 0.15) is 62.1 Å². The number of aryl methyl sites for hydroxylation is 1. The lowest BCUT2D eigenvalue weighted by atomic mass is 9.84. The van der Waals surface area contributed by atoms with E-state index in [2.05, 4.69) is 39.0 Å². The Kier molecular flexibility index (Phi) is 6.00. The molecule has 1 aromatic rings. The molecule has 1 aliphatic heterocycles. The van der Waals surface area contributed by atoms with Gasteiger partial charge in [0.25, 0.3) is 0 Å². The molecular weight excluding hydrogens is 324 g/mol. The van der Waals surface area contributed by atoms with Crippen molar-refractivity contribution in [2.24, 2.45) is 5.92 Å². The summed E-state index contributed by atoms with van der Waals surface area (Å²) in [5, 5.41) is 0. The van der Waals surface area contributed by atoms with Crippen molar-refractivity contribution in [3.63, 3.8) is 0 Å². The molecule has 0 bridgehead atoms. The molecule has 0 radical (unpaired) electrons. The monoisotopic (exact) mass is 356 g/mol. The Balaban J connectivity index is 1.60. The highest BCUT2D eigenvalue weighted by atomic mass is 16.2. The van der Waals surface area contributed by atoms with Crippen LogP contribution in [0.15, 0.2) is 18.2 Å². The maximum absolute atomic E-state index is 12.9. The van der Waals surface area contributed by atoms with Crippen LogP contribution in [0.2, 0.25) is 0 Å². The van der Waals surface area contributed by atoms with Gasteiger partial charge in [0, 0.05) is 32.1 Å². The molecule has 1 heterocycles. The second kappa shape index (κ2) is 8.24. The molecule has 0 atom stereocenters. The summed E-state index contributed by atoms with van der Waals surface area (Å²) in [5.74, 6) is 1.21. The van der Waals surface area contributed by atoms with Crippen LogP contribution in [0, 0.1) is 12.8 Å². The predicted octanol–water partition coefficient (Wildman–Crippen LogP) is 3.52. The van der Waals surface area contributed by atoms with Crippen LogP contribution >= 0.6 is 0 Å². The fourth-order valence-electron chi connectivity index (χ4n) is 3.82. The van der Waals surface area contributed by atoms with Gasteiger partial charge in [0.15, 0.2) is 0 Å². The van der Waals surface area contributed by atoms with Crippen molar-refractivity contribution in [2.45, 2.75) is 58.8 Å². The molecule has 26 heavy (non-hydrogen) atoms. The molecule has 1 saturated heterocycles. The van der Waals surface area contributed by atoms with Crippen LogP contribution in [-0.4, -0.2) is 47.8 Å². The van der Waals surface area contributed by atoms with Gasteiger partial charge in [-0.25, -0.2) is 0 Å². The maximum atomic E-state index is 12.9. The molecule has 1 saturated carbocycles. The van der Waals surface area contributed by atoms with Gasteiger partial charge in [0.1, 0.15) is 0 Å². The van der Waals surface area contributed by atoms with Crippen molar-refractivity contribution in [3.05, 3.63) is 34.9 Å². The fourth-order valence-corrected chi connectivity index (χ4v) is 3.82. The number of amides is 2. The summed E-state index contributed by atoms with van der Waals surface area (Å²) in [4.78, 5) is 29.3. The van der Waals surface area contributed by atoms with Crippen molar-refractivity contribution in [1.29, 1.82) is 0 Å². The largest absolute Gasteiger partial charge is 0.341 e. The zero-order valence-corrected chi connectivity index (χ0v) is 16.5. The van der Waals surface area contributed by atoms with E-state index in [1.807, 2.05) is 9.80 Å². The number of nitrogens with zero attached hydrogens (tertiary/aromatic N) is 2. The third-order valence-corrected chi connectivity index (χ3v) is 6.00. The molecule has 1 aromatic carbocycles. The first-order chi connectivity index (χ1) is 12.5. The third-order valence-electron chi connectivity index (χ3n) is 6.00. The highest BCUT2D eigenvalue weighted by molar-refractivity contribution is 5.81. The van der Waals surface area contributed by atoms with Gasteiger partial charge in [-0.3, -0.25) is 9.59 Å². The number of hydrogen-bond donors (Lipinski definition) is 0. The Morgan fingerprint density at radius 1 is 1.04 bits per heavy atom. The standard InChI is InChI=1S/C22H32N2O2/c1-16(2)19-9-8-17(3)20(14-19)15-21(25)23-10-5-11-24(13-12-23)22(26)18-6-4-7-18/h8-9,14,16,18H,4-7,10-13,15H2,1-3H3. The molecular formula is C22H32N2O2. The fraction of sp³-hybridized carbons (Fsp3) is 0.636. The van der Waals surface area contributed by atoms with Crippen LogP contribution in [0.4, 0.5) is 0 Å². The molecule has 4 nitrogen and oxygen atoms in total. The second-order valence-electron chi connectivity index (χ2n) is 8.20. The van der Waals surface area contributed by atoms with Gasteiger partial charge < -0.3 is 9.80 Å². The van der Waals surface area contributed by atoms with Crippen molar-refractivity contribution in [1.82, 2.24) is 9.80 Å². The van der Waals surface area contributed by atoms with E-state index in [0.29, 0.717) is 31.3 Å². The normalized spacial score (nSPS) is 18.6. The molecule has 2 amide bonds. The molecule has 2 aliphatic rings. The Morgan fingerprint density at radius 2 is 1.73 bits per heavy atom. The Morgan fingerprint density at radius 3 is 2.38 bits per heavy atom. The first-order valence-electron chi connectivity index (χ1n) is 10.1. The number of rotatable bonds is 4. The van der Waals surface area contributed by atoms with Crippen LogP contribution < -0.4 is 0 Å². The van der Waals surface area contributed by atoms with E-state index in [-0.39, 0.29) is 11.8 Å². The third kappa shape index (κ3) is 4.28. The average molecular weight is 357 g/mol. The highest BCUT2D eigenvalue weighted by Crippen LogP contribution is 2.28. The van der Waals surface area contributed by atoms with Crippen LogP contribution in [0.5, 0.6) is 0 Å². The quantitative estimate of drug-likeness (QED) is 0.828. The van der Waals surface area contributed by atoms with Crippen molar-refractivity contribution in [3.8, 4) is 0 Å². The van der Waals surface area contributed by atoms with Gasteiger partial charge >= 0.3 is 0 Å². The average Bonchev–Trinajstić information content (AvgIpc) is 2.81. The first kappa shape index (κ1) is 18.9. The minimum atomic E-state index is 0.187. The number of carbonyl (C=O) groups is 2. The summed E-state index contributed by atoms with van der Waals surface area (Å²) < 4.78 is 0. The van der Waals surface area contributed by atoms with E-state index in [4.69, 9.17) is 0 Å². The van der Waals surface area contributed by atoms with Crippen molar-refractivity contribution >= 4 is 11.8 Å². The van der Waals surface area contributed by atoms with Crippen LogP contribution in [0.25, 0.3) is 0 Å². The topological polar surface area (TPSA) is 40.6 Å². The highest BCUT2D eigenvalue weighted by Gasteiger charge is 2.30. The molecule has 0 spiro atoms. The molecule has 1 aliphatic carbocycles. The van der Waals surface area contributed by atoms with Gasteiger partial charge in [-0.1, -0.05) is 38.5 Å². The summed E-state index contributed by atoms with van der Waals surface area (Å²) in [5.41, 5.74) is 3.60. The lowest BCUT2D eigenvalue weighted by Crippen LogP contribution is -2.41. The zero-order chi connectivity index (χ0) is 18.7. The number of carbonyl (C=O) groups excluding carboxylic acids is 2. The molecule has 0 aromatic heterocycles. The summed E-state index contributed by atoms with van der Waals surface area (Å²) in [6, 6.07) is 6.46. The van der Waals surface area contributed by atoms with Crippen molar-refractivity contribution in [2.75, 3.05) is 26.2 Å². The van der Waals surface area contributed by atoms with E-state index in [9.17, 15) is 9.59 Å². The molecule has 0 unspecified atom stereocenters. The molecule has 142 valence electrons. The van der Waals surface area contributed by atoms with Gasteiger partial charge in [0.2, 0.25) is 11.8 Å². The summed E-state index contributed by atoms with van der Waals surface area (Å²) in [7, 11) is 0. The summed E-state index contributed by atoms with van der Waals surface area (Å²) >= 11 is 0. The molecule has 2 fully saturated rings. The van der Waals surface area contributed by atoms with E-state index in [0.717, 1.165) is 37.9 Å². The smallest absolute Gasteiger partial charge is 0.227 e. The lowest BCUT2D eigenvalue weighted by molar-refractivity contribution is -0.138. The van der Waals surface area contributed by atoms with Gasteiger partial charge in [-0.05, 0) is 48.8 Å². The van der Waals surface area contributed by atoms with Crippen LogP contribution in [-0.2, 0) is 16.0 Å². The van der Waals surface area contributed by atoms with E-state index in [1.165, 1.54) is 17.5 Å². The van der Waals surface area contributed by atoms with E-state index < -0.39 is 0 Å². The number of benzene rings is 1. The van der Waals surface area contributed by atoms with Gasteiger partial charge in [-0.2, -0.15) is 0 Å². The second-order valence-corrected chi connectivity index (χ2v) is 8.20. The van der Waals surface area contributed by atoms with Gasteiger partial charge in [-0.15, -0.1) is 0 Å². The maximum Gasteiger partial charge on any atom is 0.227 e. The molecule has 4 heteroatoms. The van der Waals surface area contributed by atoms with E-state index >= 15 is 0 Å². The van der Waals surface area contributed by atoms with Crippen LogP contribution in [0.3, 0.4) is 0 Å². The summed E-state index contributed by atoms with van der Waals surface area (Å²) in [6.45, 7) is 9.34. The summed E-state index contributed by atoms with van der Waals surface area (Å²) in [6.07, 6.45) is 4.62. The zero-order valence-electron chi connectivity index (χ0n) is 16.5. The Hall–Kier alpha value is -1.84. The van der Waals surface area contributed by atoms with E-state index in [1.54, 1.807) is 0 Å². The Labute approximate surface area is 157 Å². The predicted molar refractivity (Wildman–Crippen MR) is 104 cm³/mol. The molecule has 3 rings (SSSR count). The Bertz CT molecular complexity index is 664.